The van der Waals surface area contributed by atoms with Crippen LogP contribution < -0.4 is 20.1 Å². The molecule has 2 aliphatic rings. The molecule has 0 bridgehead atoms. The van der Waals surface area contributed by atoms with Crippen molar-refractivity contribution in [1.29, 1.82) is 0 Å². The number of halogens is 1. The Kier molecular flexibility index (Phi) is 10.1. The van der Waals surface area contributed by atoms with Crippen LogP contribution >= 0.6 is 24.0 Å². The van der Waals surface area contributed by atoms with E-state index >= 15 is 0 Å². The lowest BCUT2D eigenvalue weighted by Gasteiger charge is -2.29. The molecule has 4 rings (SSSR count). The van der Waals surface area contributed by atoms with Gasteiger partial charge in [0.1, 0.15) is 0 Å². The molecule has 1 fully saturated rings. The molecular formula is C25H35IN4O3. The molecule has 0 atom stereocenters. The highest BCUT2D eigenvalue weighted by Gasteiger charge is 2.16. The van der Waals surface area contributed by atoms with Crippen LogP contribution in [0, 0.1) is 0 Å². The van der Waals surface area contributed by atoms with Crippen LogP contribution in [-0.2, 0) is 13.1 Å². The first-order chi connectivity index (χ1) is 15.7. The topological polar surface area (TPSA) is 78.4 Å². The molecule has 0 aliphatic carbocycles. The molecule has 0 unspecified atom stereocenters. The Bertz CT molecular complexity index is 899. The van der Waals surface area contributed by atoms with Gasteiger partial charge in [0.15, 0.2) is 17.5 Å². The summed E-state index contributed by atoms with van der Waals surface area (Å²) in [7, 11) is 0. The first kappa shape index (κ1) is 25.6. The number of ether oxygens (including phenoxy) is 2. The molecule has 180 valence electrons. The fourth-order valence-corrected chi connectivity index (χ4v) is 3.94. The van der Waals surface area contributed by atoms with E-state index in [1.54, 1.807) is 0 Å². The normalized spacial score (nSPS) is 17.1. The fourth-order valence-electron chi connectivity index (χ4n) is 3.94. The highest BCUT2D eigenvalue weighted by Crippen LogP contribution is 2.32. The van der Waals surface area contributed by atoms with Gasteiger partial charge in [0, 0.05) is 44.4 Å². The van der Waals surface area contributed by atoms with Crippen LogP contribution in [0.4, 0.5) is 5.69 Å². The van der Waals surface area contributed by atoms with E-state index in [0.29, 0.717) is 19.8 Å². The molecule has 0 amide bonds. The molecule has 1 saturated heterocycles. The minimum absolute atomic E-state index is 0. The van der Waals surface area contributed by atoms with Gasteiger partial charge < -0.3 is 25.2 Å². The Labute approximate surface area is 213 Å². The van der Waals surface area contributed by atoms with Crippen molar-refractivity contribution in [1.82, 2.24) is 10.2 Å². The largest absolute Gasteiger partial charge is 0.490 e. The van der Waals surface area contributed by atoms with Crippen LogP contribution in [0.25, 0.3) is 0 Å². The molecule has 0 aromatic heterocycles. The maximum Gasteiger partial charge on any atom is 0.196 e. The van der Waals surface area contributed by atoms with Gasteiger partial charge in [-0.2, -0.15) is 0 Å². The number of guanidine groups is 1. The van der Waals surface area contributed by atoms with Gasteiger partial charge in [0.25, 0.3) is 0 Å². The van der Waals surface area contributed by atoms with Crippen LogP contribution in [0.5, 0.6) is 11.5 Å². The minimum atomic E-state index is -0.127. The van der Waals surface area contributed by atoms with Crippen molar-refractivity contribution in [3.63, 3.8) is 0 Å². The van der Waals surface area contributed by atoms with E-state index in [0.717, 1.165) is 68.6 Å². The monoisotopic (exact) mass is 566 g/mol. The lowest BCUT2D eigenvalue weighted by Crippen LogP contribution is -2.35. The van der Waals surface area contributed by atoms with Crippen molar-refractivity contribution in [2.24, 2.45) is 4.99 Å². The summed E-state index contributed by atoms with van der Waals surface area (Å²) in [5.74, 6) is 2.29. The molecule has 7 nitrogen and oxygen atoms in total. The standard InChI is InChI=1S/C25H34N4O3.HI/c1-2-26-25(28-21-8-9-23-24(16-21)32-15-3-14-31-23)27-17-19-4-6-20(7-5-19)18-29-12-10-22(30)11-13-29;/h4-9,16,22,30H,2-3,10-15,17-18H2,1H3,(H2,26,27,28);1H. The number of rotatable bonds is 6. The maximum atomic E-state index is 9.67. The Hall–Kier alpha value is -2.04. The predicted octanol–water partition coefficient (Wildman–Crippen LogP) is 4.00. The van der Waals surface area contributed by atoms with E-state index in [2.05, 4.69) is 46.7 Å². The highest BCUT2D eigenvalue weighted by molar-refractivity contribution is 14.0. The zero-order chi connectivity index (χ0) is 22.2. The Morgan fingerprint density at radius 1 is 1.03 bits per heavy atom. The van der Waals surface area contributed by atoms with Crippen LogP contribution in [0.2, 0.25) is 0 Å². The number of likely N-dealkylation sites (tertiary alicyclic amines) is 1. The molecular weight excluding hydrogens is 531 g/mol. The smallest absolute Gasteiger partial charge is 0.196 e. The summed E-state index contributed by atoms with van der Waals surface area (Å²) in [4.78, 5) is 7.15. The third-order valence-corrected chi connectivity index (χ3v) is 5.76. The number of nitrogens with one attached hydrogen (secondary N) is 2. The van der Waals surface area contributed by atoms with Crippen LogP contribution in [0.15, 0.2) is 47.5 Å². The molecule has 0 radical (unpaired) electrons. The van der Waals surface area contributed by atoms with Gasteiger partial charge in [0.2, 0.25) is 0 Å². The fraction of sp³-hybridized carbons (Fsp3) is 0.480. The summed E-state index contributed by atoms with van der Waals surface area (Å²) in [5, 5.41) is 16.3. The van der Waals surface area contributed by atoms with Crippen LogP contribution in [-0.4, -0.2) is 54.9 Å². The molecule has 0 spiro atoms. The molecule has 33 heavy (non-hydrogen) atoms. The quantitative estimate of drug-likeness (QED) is 0.279. The predicted molar refractivity (Wildman–Crippen MR) is 143 cm³/mol. The van der Waals surface area contributed by atoms with Gasteiger partial charge >= 0.3 is 0 Å². The second-order valence-electron chi connectivity index (χ2n) is 8.36. The van der Waals surface area contributed by atoms with Crippen LogP contribution in [0.3, 0.4) is 0 Å². The molecule has 3 N–H and O–H groups in total. The number of anilines is 1. The SMILES string of the molecule is CCNC(=NCc1ccc(CN2CCC(O)CC2)cc1)Nc1ccc2c(c1)OCCCO2.I. The van der Waals surface area contributed by atoms with E-state index in [1.807, 2.05) is 18.2 Å². The number of hydrogen-bond acceptors (Lipinski definition) is 5. The van der Waals surface area contributed by atoms with Crippen molar-refractivity contribution < 1.29 is 14.6 Å². The molecule has 0 saturated carbocycles. The van der Waals surface area contributed by atoms with Gasteiger partial charge in [-0.05, 0) is 43.0 Å². The summed E-state index contributed by atoms with van der Waals surface area (Å²) in [5.41, 5.74) is 3.38. The van der Waals surface area contributed by atoms with Gasteiger partial charge in [0.05, 0.1) is 25.9 Å². The summed E-state index contributed by atoms with van der Waals surface area (Å²) in [6.45, 7) is 7.64. The second-order valence-corrected chi connectivity index (χ2v) is 8.36. The Morgan fingerprint density at radius 3 is 2.45 bits per heavy atom. The second kappa shape index (κ2) is 13.0. The van der Waals surface area contributed by atoms with Crippen molar-refractivity contribution in [2.75, 3.05) is 38.2 Å². The first-order valence-electron chi connectivity index (χ1n) is 11.6. The number of piperidine rings is 1. The van der Waals surface area contributed by atoms with Crippen LogP contribution in [0.1, 0.15) is 37.3 Å². The summed E-state index contributed by atoms with van der Waals surface area (Å²) < 4.78 is 11.5. The van der Waals surface area contributed by atoms with Crippen molar-refractivity contribution in [3.8, 4) is 11.5 Å². The lowest BCUT2D eigenvalue weighted by atomic mass is 10.1. The molecule has 2 aromatic carbocycles. The number of aliphatic hydroxyl groups is 1. The third kappa shape index (κ3) is 7.75. The highest BCUT2D eigenvalue weighted by atomic mass is 127. The lowest BCUT2D eigenvalue weighted by molar-refractivity contribution is 0.0792. The molecule has 2 aliphatic heterocycles. The van der Waals surface area contributed by atoms with Gasteiger partial charge in [-0.15, -0.1) is 24.0 Å². The van der Waals surface area contributed by atoms with Gasteiger partial charge in [-0.1, -0.05) is 24.3 Å². The van der Waals surface area contributed by atoms with Gasteiger partial charge in [-0.3, -0.25) is 4.90 Å². The summed E-state index contributed by atoms with van der Waals surface area (Å²) in [6.07, 6.45) is 2.51. The number of nitrogens with zero attached hydrogens (tertiary/aromatic N) is 2. The van der Waals surface area contributed by atoms with Gasteiger partial charge in [-0.25, -0.2) is 4.99 Å². The average Bonchev–Trinajstić information content (AvgIpc) is 3.05. The Balaban J connectivity index is 0.00000306. The van der Waals surface area contributed by atoms with E-state index in [-0.39, 0.29) is 30.1 Å². The number of hydrogen-bond donors (Lipinski definition) is 3. The molecule has 2 aromatic rings. The minimum Gasteiger partial charge on any atom is -0.490 e. The third-order valence-electron chi connectivity index (χ3n) is 5.76. The summed E-state index contributed by atoms with van der Waals surface area (Å²) >= 11 is 0. The molecule has 8 heteroatoms. The average molecular weight is 566 g/mol. The van der Waals surface area contributed by atoms with Crippen molar-refractivity contribution in [3.05, 3.63) is 53.6 Å². The zero-order valence-electron chi connectivity index (χ0n) is 19.3. The zero-order valence-corrected chi connectivity index (χ0v) is 21.6. The van der Waals surface area contributed by atoms with E-state index in [4.69, 9.17) is 14.5 Å². The van der Waals surface area contributed by atoms with Crippen molar-refractivity contribution >= 4 is 35.6 Å². The van der Waals surface area contributed by atoms with Crippen molar-refractivity contribution in [2.45, 2.75) is 45.4 Å². The van der Waals surface area contributed by atoms with E-state index in [9.17, 15) is 5.11 Å². The number of fused-ring (bicyclic) bond motifs is 1. The molecule has 2 heterocycles. The number of aliphatic imine (C=N–C) groups is 1. The maximum absolute atomic E-state index is 9.67. The van der Waals surface area contributed by atoms with E-state index < -0.39 is 0 Å². The summed E-state index contributed by atoms with van der Waals surface area (Å²) in [6, 6.07) is 14.5. The Morgan fingerprint density at radius 2 is 1.73 bits per heavy atom. The number of benzene rings is 2. The van der Waals surface area contributed by atoms with E-state index in [1.165, 1.54) is 11.1 Å². The number of aliphatic hydroxyl groups excluding tert-OH is 1. The first-order valence-corrected chi connectivity index (χ1v) is 11.6.